The quantitative estimate of drug-likeness (QED) is 0.533. The number of halogens is 1. The number of likely N-dealkylation sites (tertiary alicyclic amines) is 1. The topological polar surface area (TPSA) is 50.2 Å². The minimum absolute atomic E-state index is 0.121. The molecule has 0 unspecified atom stereocenters. The van der Waals surface area contributed by atoms with Crippen LogP contribution in [0.3, 0.4) is 0 Å². The van der Waals surface area contributed by atoms with Gasteiger partial charge < -0.3 is 5.32 Å². The summed E-state index contributed by atoms with van der Waals surface area (Å²) in [6.07, 6.45) is 4.28. The van der Waals surface area contributed by atoms with Crippen molar-refractivity contribution >= 4 is 17.7 Å². The van der Waals surface area contributed by atoms with E-state index in [2.05, 4.69) is 45.8 Å². The zero-order valence-electron chi connectivity index (χ0n) is 18.6. The molecular weight excluding hydrogens is 423 g/mol. The molecule has 168 valence electrons. The van der Waals surface area contributed by atoms with E-state index in [9.17, 15) is 9.18 Å². The third-order valence-electron chi connectivity index (χ3n) is 6.10. The molecular formula is C25H29FN4OS. The summed E-state index contributed by atoms with van der Waals surface area (Å²) in [5.74, 6) is 0.0719. The monoisotopic (exact) mass is 452 g/mol. The predicted octanol–water partition coefficient (Wildman–Crippen LogP) is 4.59. The van der Waals surface area contributed by atoms with Crippen LogP contribution in [0.4, 0.5) is 4.39 Å². The molecule has 4 rings (SSSR count). The molecule has 1 aliphatic heterocycles. The van der Waals surface area contributed by atoms with Crippen molar-refractivity contribution in [2.45, 2.75) is 24.3 Å². The number of benzene rings is 2. The van der Waals surface area contributed by atoms with Crippen molar-refractivity contribution < 1.29 is 9.18 Å². The Labute approximate surface area is 193 Å². The van der Waals surface area contributed by atoms with Gasteiger partial charge in [0.1, 0.15) is 11.5 Å². The Bertz CT molecular complexity index is 1060. The number of carbonyl (C=O) groups is 1. The summed E-state index contributed by atoms with van der Waals surface area (Å²) in [7, 11) is 1.76. The van der Waals surface area contributed by atoms with E-state index in [1.807, 2.05) is 0 Å². The summed E-state index contributed by atoms with van der Waals surface area (Å²) < 4.78 is 14.7. The number of aryl methyl sites for hydroxylation is 1. The van der Waals surface area contributed by atoms with Crippen LogP contribution >= 0.6 is 11.8 Å². The van der Waals surface area contributed by atoms with Crippen molar-refractivity contribution in [3.05, 3.63) is 71.7 Å². The third-order valence-corrected chi connectivity index (χ3v) is 6.94. The highest BCUT2D eigenvalue weighted by Crippen LogP contribution is 2.24. The van der Waals surface area contributed by atoms with Crippen molar-refractivity contribution in [3.8, 4) is 11.3 Å². The molecule has 1 aromatic heterocycles. The number of aromatic nitrogens is 2. The van der Waals surface area contributed by atoms with Crippen LogP contribution in [-0.4, -0.2) is 46.5 Å². The van der Waals surface area contributed by atoms with E-state index in [-0.39, 0.29) is 11.7 Å². The van der Waals surface area contributed by atoms with E-state index in [0.29, 0.717) is 23.9 Å². The Balaban J connectivity index is 1.28. The second kappa shape index (κ2) is 10.3. The van der Waals surface area contributed by atoms with Gasteiger partial charge in [0.15, 0.2) is 0 Å². The van der Waals surface area contributed by atoms with Crippen molar-refractivity contribution in [2.75, 3.05) is 25.9 Å². The molecule has 0 atom stereocenters. The van der Waals surface area contributed by atoms with Gasteiger partial charge in [-0.2, -0.15) is 5.10 Å². The average molecular weight is 453 g/mol. The smallest absolute Gasteiger partial charge is 0.269 e. The van der Waals surface area contributed by atoms with Crippen LogP contribution in [0, 0.1) is 11.7 Å². The standard InChI is InChI=1S/C25H29FN4OS/c1-29-23(15-22(28-29)19-7-9-21(26)10-8-19)25(31)27-16-18-11-13-30(14-12-18)17-20-5-3-4-6-24(20)32-2/h3-10,15,18H,11-14,16-17H2,1-2H3,(H,27,31). The Morgan fingerprint density at radius 2 is 1.88 bits per heavy atom. The highest BCUT2D eigenvalue weighted by molar-refractivity contribution is 7.98. The molecule has 1 aliphatic rings. The number of carbonyl (C=O) groups excluding carboxylic acids is 1. The van der Waals surface area contributed by atoms with Crippen molar-refractivity contribution in [2.24, 2.45) is 13.0 Å². The first kappa shape index (κ1) is 22.6. The maximum absolute atomic E-state index is 13.2. The van der Waals surface area contributed by atoms with Gasteiger partial charge in [0, 0.05) is 30.6 Å². The fourth-order valence-electron chi connectivity index (χ4n) is 4.19. The fraction of sp³-hybridized carbons (Fsp3) is 0.360. The van der Waals surface area contributed by atoms with Gasteiger partial charge in [0.25, 0.3) is 5.91 Å². The second-order valence-corrected chi connectivity index (χ2v) is 9.13. The van der Waals surface area contributed by atoms with Crippen LogP contribution < -0.4 is 5.32 Å². The molecule has 2 aromatic carbocycles. The predicted molar refractivity (Wildman–Crippen MR) is 127 cm³/mol. The Morgan fingerprint density at radius 1 is 1.16 bits per heavy atom. The van der Waals surface area contributed by atoms with Crippen LogP contribution in [0.5, 0.6) is 0 Å². The van der Waals surface area contributed by atoms with Crippen LogP contribution in [0.15, 0.2) is 59.5 Å². The summed E-state index contributed by atoms with van der Waals surface area (Å²) in [6.45, 7) is 3.75. The Kier molecular flexibility index (Phi) is 7.27. The lowest BCUT2D eigenvalue weighted by Gasteiger charge is -2.32. The van der Waals surface area contributed by atoms with Gasteiger partial charge in [0.05, 0.1) is 5.69 Å². The minimum Gasteiger partial charge on any atom is -0.350 e. The van der Waals surface area contributed by atoms with Crippen LogP contribution in [0.1, 0.15) is 28.9 Å². The number of nitrogens with one attached hydrogen (secondary N) is 1. The zero-order chi connectivity index (χ0) is 22.5. The number of hydrogen-bond acceptors (Lipinski definition) is 4. The molecule has 7 heteroatoms. The van der Waals surface area contributed by atoms with Crippen molar-refractivity contribution in [3.63, 3.8) is 0 Å². The first-order valence-corrected chi connectivity index (χ1v) is 12.2. The number of piperidine rings is 1. The minimum atomic E-state index is -0.290. The lowest BCUT2D eigenvalue weighted by Crippen LogP contribution is -2.38. The van der Waals surface area contributed by atoms with Crippen LogP contribution in [0.25, 0.3) is 11.3 Å². The maximum Gasteiger partial charge on any atom is 0.269 e. The van der Waals surface area contributed by atoms with E-state index in [1.165, 1.54) is 22.6 Å². The molecule has 1 amide bonds. The summed E-state index contributed by atoms with van der Waals surface area (Å²) in [6, 6.07) is 16.5. The molecule has 2 heterocycles. The molecule has 0 radical (unpaired) electrons. The van der Waals surface area contributed by atoms with Gasteiger partial charge in [0.2, 0.25) is 0 Å². The molecule has 0 bridgehead atoms. The third kappa shape index (κ3) is 5.40. The molecule has 3 aromatic rings. The van der Waals surface area contributed by atoms with Gasteiger partial charge in [-0.15, -0.1) is 11.8 Å². The lowest BCUT2D eigenvalue weighted by atomic mass is 9.96. The summed E-state index contributed by atoms with van der Waals surface area (Å²) >= 11 is 1.80. The van der Waals surface area contributed by atoms with E-state index in [1.54, 1.807) is 41.7 Å². The first-order valence-electron chi connectivity index (χ1n) is 11.0. The van der Waals surface area contributed by atoms with E-state index in [0.717, 1.165) is 38.0 Å². The number of thioether (sulfide) groups is 1. The number of hydrogen-bond donors (Lipinski definition) is 1. The molecule has 0 spiro atoms. The van der Waals surface area contributed by atoms with Gasteiger partial charge in [-0.3, -0.25) is 14.4 Å². The Morgan fingerprint density at radius 3 is 2.59 bits per heavy atom. The highest BCUT2D eigenvalue weighted by Gasteiger charge is 2.21. The maximum atomic E-state index is 13.2. The van der Waals surface area contributed by atoms with E-state index < -0.39 is 0 Å². The molecule has 0 aliphatic carbocycles. The Hall–Kier alpha value is -2.64. The zero-order valence-corrected chi connectivity index (χ0v) is 19.4. The van der Waals surface area contributed by atoms with E-state index in [4.69, 9.17) is 0 Å². The molecule has 32 heavy (non-hydrogen) atoms. The lowest BCUT2D eigenvalue weighted by molar-refractivity contribution is 0.0925. The summed E-state index contributed by atoms with van der Waals surface area (Å²) in [5.41, 5.74) is 3.35. The normalized spacial score (nSPS) is 15.1. The average Bonchev–Trinajstić information content (AvgIpc) is 3.21. The largest absolute Gasteiger partial charge is 0.350 e. The first-order chi connectivity index (χ1) is 15.5. The van der Waals surface area contributed by atoms with Gasteiger partial charge >= 0.3 is 0 Å². The summed E-state index contributed by atoms with van der Waals surface area (Å²) in [4.78, 5) is 16.6. The SMILES string of the molecule is CSc1ccccc1CN1CCC(CNC(=O)c2cc(-c3ccc(F)cc3)nn2C)CC1. The molecule has 5 nitrogen and oxygen atoms in total. The molecule has 1 saturated heterocycles. The number of amides is 1. The molecule has 0 saturated carbocycles. The van der Waals surface area contributed by atoms with E-state index >= 15 is 0 Å². The van der Waals surface area contributed by atoms with Crippen molar-refractivity contribution in [1.29, 1.82) is 0 Å². The second-order valence-electron chi connectivity index (χ2n) is 8.29. The van der Waals surface area contributed by atoms with Gasteiger partial charge in [-0.1, -0.05) is 18.2 Å². The fourth-order valence-corrected chi connectivity index (χ4v) is 4.80. The van der Waals surface area contributed by atoms with Gasteiger partial charge in [-0.05, 0) is 80.1 Å². The van der Waals surface area contributed by atoms with Crippen LogP contribution in [0.2, 0.25) is 0 Å². The number of rotatable bonds is 7. The highest BCUT2D eigenvalue weighted by atomic mass is 32.2. The van der Waals surface area contributed by atoms with Crippen LogP contribution in [-0.2, 0) is 13.6 Å². The number of nitrogens with zero attached hydrogens (tertiary/aromatic N) is 3. The van der Waals surface area contributed by atoms with Crippen molar-refractivity contribution in [1.82, 2.24) is 20.0 Å². The molecule has 1 N–H and O–H groups in total. The molecule has 1 fully saturated rings. The summed E-state index contributed by atoms with van der Waals surface area (Å²) in [5, 5.41) is 7.50. The van der Waals surface area contributed by atoms with Gasteiger partial charge in [-0.25, -0.2) is 4.39 Å².